The zero-order valence-corrected chi connectivity index (χ0v) is 12.7. The van der Waals surface area contributed by atoms with Gasteiger partial charge in [-0.3, -0.25) is 0 Å². The second kappa shape index (κ2) is 6.80. The Morgan fingerprint density at radius 1 is 0.857 bits per heavy atom. The van der Waals surface area contributed by atoms with Gasteiger partial charge in [-0.15, -0.1) is 0 Å². The molecule has 0 bridgehead atoms. The van der Waals surface area contributed by atoms with Gasteiger partial charge in [0.05, 0.1) is 6.10 Å². The van der Waals surface area contributed by atoms with E-state index >= 15 is 0 Å². The molecule has 0 saturated heterocycles. The molecule has 1 aromatic rings. The highest BCUT2D eigenvalue weighted by Crippen LogP contribution is 2.34. The van der Waals surface area contributed by atoms with E-state index in [1.807, 2.05) is 0 Å². The number of nitrogens with one attached hydrogen (secondary N) is 1. The molecule has 3 N–H and O–H groups in total. The highest BCUT2D eigenvalue weighted by molar-refractivity contribution is 5.28. The summed E-state index contributed by atoms with van der Waals surface area (Å²) in [7, 11) is 0. The van der Waals surface area contributed by atoms with Gasteiger partial charge in [0.1, 0.15) is 5.75 Å². The van der Waals surface area contributed by atoms with Crippen LogP contribution in [-0.4, -0.2) is 28.4 Å². The maximum absolute atomic E-state index is 10.1. The van der Waals surface area contributed by atoms with Crippen LogP contribution in [0.25, 0.3) is 0 Å². The molecule has 3 rings (SSSR count). The number of phenolic OH excluding ortho intramolecular Hbond substituents is 1. The fraction of sp³-hybridized carbons (Fsp3) is 0.667. The normalized spacial score (nSPS) is 33.8. The third-order valence-corrected chi connectivity index (χ3v) is 5.27. The van der Waals surface area contributed by atoms with Crippen LogP contribution in [0.1, 0.15) is 62.8 Å². The van der Waals surface area contributed by atoms with Crippen molar-refractivity contribution in [1.29, 1.82) is 0 Å². The second-order valence-electron chi connectivity index (χ2n) is 6.77. The molecule has 0 aromatic heterocycles. The first-order chi connectivity index (χ1) is 10.2. The molecule has 2 saturated carbocycles. The molecule has 21 heavy (non-hydrogen) atoms. The molecule has 1 aromatic carbocycles. The van der Waals surface area contributed by atoms with Gasteiger partial charge in [-0.05, 0) is 62.1 Å². The van der Waals surface area contributed by atoms with Gasteiger partial charge in [0.15, 0.2) is 0 Å². The highest BCUT2D eigenvalue weighted by atomic mass is 16.3. The van der Waals surface area contributed by atoms with E-state index in [1.54, 1.807) is 12.1 Å². The molecule has 2 fully saturated rings. The van der Waals surface area contributed by atoms with Crippen LogP contribution in [0.4, 0.5) is 0 Å². The molecule has 0 heterocycles. The highest BCUT2D eigenvalue weighted by Gasteiger charge is 2.28. The van der Waals surface area contributed by atoms with Gasteiger partial charge >= 0.3 is 0 Å². The molecule has 3 nitrogen and oxygen atoms in total. The molecule has 2 unspecified atom stereocenters. The number of hydrogen-bond donors (Lipinski definition) is 3. The summed E-state index contributed by atoms with van der Waals surface area (Å²) in [4.78, 5) is 0. The summed E-state index contributed by atoms with van der Waals surface area (Å²) in [5.41, 5.74) is 1.35. The number of aliphatic hydroxyl groups is 1. The Morgan fingerprint density at radius 2 is 1.52 bits per heavy atom. The monoisotopic (exact) mass is 289 g/mol. The maximum atomic E-state index is 10.1. The van der Waals surface area contributed by atoms with Crippen LogP contribution in [0.2, 0.25) is 0 Å². The van der Waals surface area contributed by atoms with E-state index in [9.17, 15) is 10.2 Å². The van der Waals surface area contributed by atoms with E-state index in [-0.39, 0.29) is 6.10 Å². The molecule has 2 atom stereocenters. The van der Waals surface area contributed by atoms with Crippen LogP contribution < -0.4 is 5.32 Å². The Morgan fingerprint density at radius 3 is 2.19 bits per heavy atom. The zero-order chi connectivity index (χ0) is 14.7. The first kappa shape index (κ1) is 14.9. The first-order valence-electron chi connectivity index (χ1n) is 8.45. The van der Waals surface area contributed by atoms with E-state index in [1.165, 1.54) is 44.1 Å². The van der Waals surface area contributed by atoms with Crippen molar-refractivity contribution in [3.63, 3.8) is 0 Å². The van der Waals surface area contributed by atoms with E-state index in [0.717, 1.165) is 12.8 Å². The predicted molar refractivity (Wildman–Crippen MR) is 84.5 cm³/mol. The van der Waals surface area contributed by atoms with Gasteiger partial charge in [-0.25, -0.2) is 0 Å². The van der Waals surface area contributed by atoms with E-state index in [2.05, 4.69) is 17.4 Å². The predicted octanol–water partition coefficient (Wildman–Crippen LogP) is 3.31. The zero-order valence-electron chi connectivity index (χ0n) is 12.7. The molecule has 2 aliphatic carbocycles. The minimum atomic E-state index is -0.145. The number of aromatic hydroxyl groups is 1. The SMILES string of the molecule is Oc1ccc(C2CCC(NC3CCCCC3O)CC2)cc1. The largest absolute Gasteiger partial charge is 0.508 e. The van der Waals surface area contributed by atoms with E-state index in [0.29, 0.717) is 23.8 Å². The average molecular weight is 289 g/mol. The smallest absolute Gasteiger partial charge is 0.115 e. The van der Waals surface area contributed by atoms with E-state index in [4.69, 9.17) is 0 Å². The van der Waals surface area contributed by atoms with Crippen molar-refractivity contribution >= 4 is 0 Å². The fourth-order valence-electron chi connectivity index (χ4n) is 3.95. The van der Waals surface area contributed by atoms with Gasteiger partial charge in [0.2, 0.25) is 0 Å². The lowest BCUT2D eigenvalue weighted by atomic mass is 9.81. The Balaban J connectivity index is 1.49. The lowest BCUT2D eigenvalue weighted by molar-refractivity contribution is 0.0809. The van der Waals surface area contributed by atoms with Crippen LogP contribution in [0.15, 0.2) is 24.3 Å². The summed E-state index contributed by atoms with van der Waals surface area (Å²) in [6.07, 6.45) is 9.14. The third-order valence-electron chi connectivity index (χ3n) is 5.27. The van der Waals surface area contributed by atoms with Gasteiger partial charge in [0, 0.05) is 12.1 Å². The summed E-state index contributed by atoms with van der Waals surface area (Å²) >= 11 is 0. The number of aliphatic hydroxyl groups excluding tert-OH is 1. The summed E-state index contributed by atoms with van der Waals surface area (Å²) in [5.74, 6) is 0.973. The lowest BCUT2D eigenvalue weighted by Crippen LogP contribution is -2.48. The average Bonchev–Trinajstić information content (AvgIpc) is 2.51. The Labute approximate surface area is 127 Å². The summed E-state index contributed by atoms with van der Waals surface area (Å²) < 4.78 is 0. The molecular weight excluding hydrogens is 262 g/mol. The number of hydrogen-bond acceptors (Lipinski definition) is 3. The molecule has 3 heteroatoms. The Hall–Kier alpha value is -1.06. The van der Waals surface area contributed by atoms with Gasteiger partial charge in [0.25, 0.3) is 0 Å². The van der Waals surface area contributed by atoms with Crippen molar-refractivity contribution < 1.29 is 10.2 Å². The quantitative estimate of drug-likeness (QED) is 0.800. The topological polar surface area (TPSA) is 52.5 Å². The number of rotatable bonds is 3. The van der Waals surface area contributed by atoms with Crippen molar-refractivity contribution in [2.45, 2.75) is 75.5 Å². The summed E-state index contributed by atoms with van der Waals surface area (Å²) in [6, 6.07) is 8.57. The molecule has 116 valence electrons. The number of phenols is 1. The first-order valence-corrected chi connectivity index (χ1v) is 8.45. The van der Waals surface area contributed by atoms with Crippen molar-refractivity contribution in [3.05, 3.63) is 29.8 Å². The molecule has 0 aliphatic heterocycles. The molecule has 0 radical (unpaired) electrons. The Kier molecular flexibility index (Phi) is 4.81. The van der Waals surface area contributed by atoms with Gasteiger partial charge < -0.3 is 15.5 Å². The number of benzene rings is 1. The molecule has 0 amide bonds. The van der Waals surface area contributed by atoms with Crippen molar-refractivity contribution in [1.82, 2.24) is 5.32 Å². The third kappa shape index (κ3) is 3.78. The van der Waals surface area contributed by atoms with Crippen molar-refractivity contribution in [2.75, 3.05) is 0 Å². The Bertz CT molecular complexity index is 437. The van der Waals surface area contributed by atoms with Crippen molar-refractivity contribution in [2.24, 2.45) is 0 Å². The van der Waals surface area contributed by atoms with Gasteiger partial charge in [-0.2, -0.15) is 0 Å². The minimum Gasteiger partial charge on any atom is -0.508 e. The van der Waals surface area contributed by atoms with Crippen LogP contribution in [0.5, 0.6) is 5.75 Å². The van der Waals surface area contributed by atoms with Gasteiger partial charge in [-0.1, -0.05) is 25.0 Å². The second-order valence-corrected chi connectivity index (χ2v) is 6.77. The standard InChI is InChI=1S/C18H27NO2/c20-16-11-7-14(8-12-16)13-5-9-15(10-6-13)19-17-3-1-2-4-18(17)21/h7-8,11-13,15,17-21H,1-6,9-10H2. The maximum Gasteiger partial charge on any atom is 0.115 e. The van der Waals surface area contributed by atoms with Crippen LogP contribution in [-0.2, 0) is 0 Å². The van der Waals surface area contributed by atoms with Crippen LogP contribution in [0, 0.1) is 0 Å². The van der Waals surface area contributed by atoms with Crippen molar-refractivity contribution in [3.8, 4) is 5.75 Å². The minimum absolute atomic E-state index is 0.145. The molecule has 2 aliphatic rings. The fourth-order valence-corrected chi connectivity index (χ4v) is 3.95. The lowest BCUT2D eigenvalue weighted by Gasteiger charge is -2.36. The molecule has 0 spiro atoms. The summed E-state index contributed by atoms with van der Waals surface area (Å²) in [5, 5.41) is 23.1. The van der Waals surface area contributed by atoms with E-state index < -0.39 is 0 Å². The summed E-state index contributed by atoms with van der Waals surface area (Å²) in [6.45, 7) is 0. The van der Waals surface area contributed by atoms with Crippen LogP contribution >= 0.6 is 0 Å². The molecular formula is C18H27NO2. The van der Waals surface area contributed by atoms with Crippen LogP contribution in [0.3, 0.4) is 0 Å².